The van der Waals surface area contributed by atoms with Gasteiger partial charge in [-0.05, 0) is 49.5 Å². The molecule has 5 nitrogen and oxygen atoms in total. The minimum Gasteiger partial charge on any atom is -0.370 e. The highest BCUT2D eigenvalue weighted by Crippen LogP contribution is 2.19. The summed E-state index contributed by atoms with van der Waals surface area (Å²) in [6, 6.07) is 16.4. The molecule has 0 aromatic heterocycles. The van der Waals surface area contributed by atoms with Gasteiger partial charge in [0.2, 0.25) is 0 Å². The Bertz CT molecular complexity index is 771. The molecule has 1 saturated heterocycles. The summed E-state index contributed by atoms with van der Waals surface area (Å²) in [6.07, 6.45) is 0. The van der Waals surface area contributed by atoms with Crippen LogP contribution in [0.15, 0.2) is 53.5 Å². The Morgan fingerprint density at radius 1 is 1.00 bits per heavy atom. The number of halogens is 2. The van der Waals surface area contributed by atoms with Crippen LogP contribution in [-0.4, -0.2) is 56.0 Å². The first-order chi connectivity index (χ1) is 13.0. The molecule has 0 aliphatic carbocycles. The number of hydrogen-bond donors (Lipinski definition) is 1. The van der Waals surface area contributed by atoms with Crippen molar-refractivity contribution >= 4 is 47.2 Å². The number of guanidine groups is 1. The third kappa shape index (κ3) is 6.25. The highest BCUT2D eigenvalue weighted by Gasteiger charge is 2.18. The van der Waals surface area contributed by atoms with Gasteiger partial charge in [-0.2, -0.15) is 0 Å². The third-order valence-electron chi connectivity index (χ3n) is 4.81. The van der Waals surface area contributed by atoms with Gasteiger partial charge in [0.15, 0.2) is 5.96 Å². The SMILES string of the molecule is CN(C)Cc1ccccc1CN=C(N)N1CCN(c2ccc(Cl)cc2)CC1.I. The molecular formula is C21H29ClIN5. The van der Waals surface area contributed by atoms with Crippen LogP contribution >= 0.6 is 35.6 Å². The van der Waals surface area contributed by atoms with Gasteiger partial charge in [-0.3, -0.25) is 0 Å². The molecule has 28 heavy (non-hydrogen) atoms. The van der Waals surface area contributed by atoms with Crippen molar-refractivity contribution in [1.29, 1.82) is 0 Å². The standard InChI is InChI=1S/C21H28ClN5.HI/c1-25(2)16-18-6-4-3-5-17(18)15-24-21(23)27-13-11-26(12-14-27)20-9-7-19(22)8-10-20;/h3-10H,11-16H2,1-2H3,(H2,23,24);1H. The zero-order valence-electron chi connectivity index (χ0n) is 16.5. The minimum absolute atomic E-state index is 0. The highest BCUT2D eigenvalue weighted by molar-refractivity contribution is 14.0. The van der Waals surface area contributed by atoms with Crippen LogP contribution in [0.1, 0.15) is 11.1 Å². The Labute approximate surface area is 190 Å². The number of rotatable bonds is 5. The topological polar surface area (TPSA) is 48.1 Å². The molecule has 2 aromatic rings. The molecule has 1 aliphatic heterocycles. The Morgan fingerprint density at radius 3 is 2.21 bits per heavy atom. The Kier molecular flexibility index (Phi) is 8.85. The number of nitrogens with zero attached hydrogens (tertiary/aromatic N) is 4. The fourth-order valence-corrected chi connectivity index (χ4v) is 3.44. The highest BCUT2D eigenvalue weighted by atomic mass is 127. The van der Waals surface area contributed by atoms with E-state index in [9.17, 15) is 0 Å². The van der Waals surface area contributed by atoms with Crippen LogP contribution < -0.4 is 10.6 Å². The zero-order chi connectivity index (χ0) is 19.2. The van der Waals surface area contributed by atoms with Gasteiger partial charge in [-0.1, -0.05) is 35.9 Å². The number of piperazine rings is 1. The second kappa shape index (κ2) is 10.9. The molecule has 7 heteroatoms. The molecule has 0 bridgehead atoms. The molecule has 1 fully saturated rings. The molecular weight excluding hydrogens is 485 g/mol. The monoisotopic (exact) mass is 513 g/mol. The summed E-state index contributed by atoms with van der Waals surface area (Å²) in [5, 5.41) is 0.767. The average Bonchev–Trinajstić information content (AvgIpc) is 2.67. The first-order valence-corrected chi connectivity index (χ1v) is 9.67. The van der Waals surface area contributed by atoms with Crippen LogP contribution in [0, 0.1) is 0 Å². The summed E-state index contributed by atoms with van der Waals surface area (Å²) in [5.74, 6) is 0.630. The lowest BCUT2D eigenvalue weighted by molar-refractivity contribution is 0.380. The van der Waals surface area contributed by atoms with Crippen LogP contribution in [0.3, 0.4) is 0 Å². The van der Waals surface area contributed by atoms with Crippen LogP contribution in [0.4, 0.5) is 5.69 Å². The number of benzene rings is 2. The molecule has 2 aromatic carbocycles. The summed E-state index contributed by atoms with van der Waals surface area (Å²) in [4.78, 5) is 11.4. The van der Waals surface area contributed by atoms with Crippen molar-refractivity contribution < 1.29 is 0 Å². The second-order valence-electron chi connectivity index (χ2n) is 7.13. The maximum absolute atomic E-state index is 6.28. The maximum Gasteiger partial charge on any atom is 0.191 e. The summed E-state index contributed by atoms with van der Waals surface area (Å²) >= 11 is 5.98. The normalized spacial score (nSPS) is 14.9. The third-order valence-corrected chi connectivity index (χ3v) is 5.06. The molecule has 3 rings (SSSR count). The van der Waals surface area contributed by atoms with E-state index in [1.807, 2.05) is 12.1 Å². The molecule has 2 N–H and O–H groups in total. The second-order valence-corrected chi connectivity index (χ2v) is 7.57. The summed E-state index contributed by atoms with van der Waals surface area (Å²) in [5.41, 5.74) is 10.0. The molecule has 152 valence electrons. The van der Waals surface area contributed by atoms with E-state index in [0.717, 1.165) is 37.7 Å². The smallest absolute Gasteiger partial charge is 0.191 e. The van der Waals surface area contributed by atoms with E-state index >= 15 is 0 Å². The molecule has 0 spiro atoms. The van der Waals surface area contributed by atoms with Crippen LogP contribution in [0.5, 0.6) is 0 Å². The first kappa shape index (κ1) is 22.8. The molecule has 0 saturated carbocycles. The largest absolute Gasteiger partial charge is 0.370 e. The van der Waals surface area contributed by atoms with Crippen molar-refractivity contribution in [3.05, 3.63) is 64.7 Å². The Morgan fingerprint density at radius 2 is 1.61 bits per heavy atom. The molecule has 1 aliphatic rings. The lowest BCUT2D eigenvalue weighted by Crippen LogP contribution is -2.51. The number of aliphatic imine (C=N–C) groups is 1. The summed E-state index contributed by atoms with van der Waals surface area (Å²) < 4.78 is 0. The van der Waals surface area contributed by atoms with Crippen molar-refractivity contribution in [2.24, 2.45) is 10.7 Å². The van der Waals surface area contributed by atoms with E-state index in [1.165, 1.54) is 16.8 Å². The van der Waals surface area contributed by atoms with Gasteiger partial charge in [0.05, 0.1) is 6.54 Å². The lowest BCUT2D eigenvalue weighted by Gasteiger charge is -2.36. The predicted molar refractivity (Wildman–Crippen MR) is 130 cm³/mol. The van der Waals surface area contributed by atoms with E-state index in [4.69, 9.17) is 17.3 Å². The molecule has 0 unspecified atom stereocenters. The number of hydrogen-bond acceptors (Lipinski definition) is 3. The van der Waals surface area contributed by atoms with Gasteiger partial charge in [0, 0.05) is 43.4 Å². The van der Waals surface area contributed by atoms with Crippen LogP contribution in [-0.2, 0) is 13.1 Å². The lowest BCUT2D eigenvalue weighted by atomic mass is 10.1. The van der Waals surface area contributed by atoms with Gasteiger partial charge < -0.3 is 20.4 Å². The predicted octanol–water partition coefficient (Wildman–Crippen LogP) is 3.66. The number of nitrogens with two attached hydrogens (primary N) is 1. The van der Waals surface area contributed by atoms with E-state index in [1.54, 1.807) is 0 Å². The summed E-state index contributed by atoms with van der Waals surface area (Å²) in [6.45, 7) is 5.12. The van der Waals surface area contributed by atoms with E-state index in [2.05, 4.69) is 70.2 Å². The van der Waals surface area contributed by atoms with Gasteiger partial charge >= 0.3 is 0 Å². The summed E-state index contributed by atoms with van der Waals surface area (Å²) in [7, 11) is 4.16. The Balaban J connectivity index is 0.00000280. The van der Waals surface area contributed by atoms with E-state index in [0.29, 0.717) is 12.5 Å². The van der Waals surface area contributed by atoms with Crippen molar-refractivity contribution in [3.63, 3.8) is 0 Å². The van der Waals surface area contributed by atoms with Crippen molar-refractivity contribution in [1.82, 2.24) is 9.80 Å². The van der Waals surface area contributed by atoms with Crippen molar-refractivity contribution in [2.45, 2.75) is 13.1 Å². The first-order valence-electron chi connectivity index (χ1n) is 9.30. The molecule has 0 radical (unpaired) electrons. The van der Waals surface area contributed by atoms with Crippen molar-refractivity contribution in [3.8, 4) is 0 Å². The van der Waals surface area contributed by atoms with Gasteiger partial charge in [-0.15, -0.1) is 24.0 Å². The zero-order valence-corrected chi connectivity index (χ0v) is 19.6. The van der Waals surface area contributed by atoms with Crippen LogP contribution in [0.2, 0.25) is 5.02 Å². The fraction of sp³-hybridized carbons (Fsp3) is 0.381. The van der Waals surface area contributed by atoms with E-state index < -0.39 is 0 Å². The molecule has 1 heterocycles. The van der Waals surface area contributed by atoms with Crippen LogP contribution in [0.25, 0.3) is 0 Å². The number of anilines is 1. The quantitative estimate of drug-likeness (QED) is 0.377. The van der Waals surface area contributed by atoms with Crippen molar-refractivity contribution in [2.75, 3.05) is 45.2 Å². The average molecular weight is 514 g/mol. The molecule has 0 atom stereocenters. The Hall–Kier alpha value is -1.51. The minimum atomic E-state index is 0. The van der Waals surface area contributed by atoms with Gasteiger partial charge in [0.25, 0.3) is 0 Å². The maximum atomic E-state index is 6.28. The fourth-order valence-electron chi connectivity index (χ4n) is 3.32. The van der Waals surface area contributed by atoms with E-state index in [-0.39, 0.29) is 24.0 Å². The molecule has 0 amide bonds. The van der Waals surface area contributed by atoms with Gasteiger partial charge in [-0.25, -0.2) is 4.99 Å². The van der Waals surface area contributed by atoms with Gasteiger partial charge in [0.1, 0.15) is 0 Å².